The molecular formula is C28H26ClN3O2. The second-order valence-electron chi connectivity index (χ2n) is 8.88. The highest BCUT2D eigenvalue weighted by Gasteiger charge is 2.43. The van der Waals surface area contributed by atoms with Crippen molar-refractivity contribution >= 4 is 17.5 Å². The summed E-state index contributed by atoms with van der Waals surface area (Å²) in [7, 11) is 0. The summed E-state index contributed by atoms with van der Waals surface area (Å²) in [5.41, 5.74) is 6.43. The minimum absolute atomic E-state index is 0.0279. The molecule has 4 aromatic rings. The first-order valence-corrected chi connectivity index (χ1v) is 11.8. The van der Waals surface area contributed by atoms with E-state index in [2.05, 4.69) is 41.4 Å². The van der Waals surface area contributed by atoms with Gasteiger partial charge in [-0.05, 0) is 44.5 Å². The number of hydrogen-bond acceptors (Lipinski definition) is 3. The number of hydrogen-bond donors (Lipinski definition) is 1. The van der Waals surface area contributed by atoms with Gasteiger partial charge in [-0.2, -0.15) is 5.10 Å². The molecule has 0 aliphatic carbocycles. The summed E-state index contributed by atoms with van der Waals surface area (Å²) < 4.78 is 5.96. The van der Waals surface area contributed by atoms with Crippen LogP contribution in [0.15, 0.2) is 72.8 Å². The van der Waals surface area contributed by atoms with Gasteiger partial charge in [-0.15, -0.1) is 0 Å². The van der Waals surface area contributed by atoms with Gasteiger partial charge in [0.1, 0.15) is 18.1 Å². The van der Waals surface area contributed by atoms with Crippen LogP contribution >= 0.6 is 11.6 Å². The SMILES string of the molecule is Cc1ccc(-c2n[nH]c3c2C(c2ccc(OCc4ccccc4Cl)cc2)N(C(C)C)C3=O)cc1. The fourth-order valence-electron chi connectivity index (χ4n) is 4.48. The number of aromatic nitrogens is 2. The Kier molecular flexibility index (Phi) is 5.88. The maximum Gasteiger partial charge on any atom is 0.273 e. The highest BCUT2D eigenvalue weighted by molar-refractivity contribution is 6.31. The van der Waals surface area contributed by atoms with Crippen LogP contribution in [0.4, 0.5) is 0 Å². The normalized spacial score (nSPS) is 15.1. The fourth-order valence-corrected chi connectivity index (χ4v) is 4.67. The van der Waals surface area contributed by atoms with E-state index >= 15 is 0 Å². The molecule has 5 rings (SSSR count). The number of H-pyrrole nitrogens is 1. The van der Waals surface area contributed by atoms with Crippen LogP contribution in [0.5, 0.6) is 5.75 Å². The molecule has 1 amide bonds. The number of aromatic amines is 1. The van der Waals surface area contributed by atoms with E-state index in [4.69, 9.17) is 16.3 Å². The Morgan fingerprint density at radius 1 is 1.03 bits per heavy atom. The van der Waals surface area contributed by atoms with E-state index in [1.807, 2.05) is 67.3 Å². The zero-order chi connectivity index (χ0) is 23.8. The maximum absolute atomic E-state index is 13.3. The lowest BCUT2D eigenvalue weighted by Crippen LogP contribution is -2.35. The zero-order valence-electron chi connectivity index (χ0n) is 19.4. The van der Waals surface area contributed by atoms with Crippen molar-refractivity contribution in [3.63, 3.8) is 0 Å². The summed E-state index contributed by atoms with van der Waals surface area (Å²) in [6.45, 7) is 6.52. The molecule has 1 aliphatic rings. The molecule has 2 heterocycles. The number of amides is 1. The molecule has 3 aromatic carbocycles. The molecule has 1 N–H and O–H groups in total. The monoisotopic (exact) mass is 471 g/mol. The van der Waals surface area contributed by atoms with Crippen molar-refractivity contribution in [3.8, 4) is 17.0 Å². The van der Waals surface area contributed by atoms with Gasteiger partial charge in [0.25, 0.3) is 5.91 Å². The number of benzene rings is 3. The minimum atomic E-state index is -0.227. The van der Waals surface area contributed by atoms with E-state index in [9.17, 15) is 4.79 Å². The van der Waals surface area contributed by atoms with Crippen molar-refractivity contribution in [2.45, 2.75) is 39.5 Å². The van der Waals surface area contributed by atoms with Crippen molar-refractivity contribution in [1.29, 1.82) is 0 Å². The second kappa shape index (κ2) is 8.99. The summed E-state index contributed by atoms with van der Waals surface area (Å²) in [6, 6.07) is 23.6. The standard InChI is InChI=1S/C28H26ClN3O2/c1-17(2)32-27(20-12-14-22(15-13-20)34-16-21-6-4-5-7-23(21)29)24-25(30-31-26(24)28(32)33)19-10-8-18(3)9-11-19/h4-15,17,27H,16H2,1-3H3,(H,30,31). The Hall–Kier alpha value is -3.57. The Balaban J connectivity index is 1.48. The average molecular weight is 472 g/mol. The fraction of sp³-hybridized carbons (Fsp3) is 0.214. The predicted molar refractivity (Wildman–Crippen MR) is 134 cm³/mol. The lowest BCUT2D eigenvalue weighted by Gasteiger charge is -2.30. The van der Waals surface area contributed by atoms with Crippen molar-refractivity contribution in [3.05, 3.63) is 106 Å². The first kappa shape index (κ1) is 22.2. The third-order valence-electron chi connectivity index (χ3n) is 6.23. The van der Waals surface area contributed by atoms with Gasteiger partial charge in [0.15, 0.2) is 0 Å². The molecule has 5 nitrogen and oxygen atoms in total. The van der Waals surface area contributed by atoms with Gasteiger partial charge < -0.3 is 9.64 Å². The first-order valence-electron chi connectivity index (χ1n) is 11.4. The lowest BCUT2D eigenvalue weighted by molar-refractivity contribution is 0.0688. The molecule has 0 saturated heterocycles. The van der Waals surface area contributed by atoms with Crippen LogP contribution in [-0.4, -0.2) is 27.0 Å². The van der Waals surface area contributed by atoms with E-state index in [1.165, 1.54) is 5.56 Å². The van der Waals surface area contributed by atoms with Gasteiger partial charge in [0, 0.05) is 27.8 Å². The Bertz CT molecular complexity index is 1330. The third-order valence-corrected chi connectivity index (χ3v) is 6.60. The van der Waals surface area contributed by atoms with Gasteiger partial charge >= 0.3 is 0 Å². The van der Waals surface area contributed by atoms with Crippen LogP contribution in [0, 0.1) is 6.92 Å². The Morgan fingerprint density at radius 2 is 1.74 bits per heavy atom. The van der Waals surface area contributed by atoms with E-state index < -0.39 is 0 Å². The summed E-state index contributed by atoms with van der Waals surface area (Å²) in [6.07, 6.45) is 0. The molecule has 1 aromatic heterocycles. The van der Waals surface area contributed by atoms with E-state index in [-0.39, 0.29) is 18.0 Å². The highest BCUT2D eigenvalue weighted by atomic mass is 35.5. The molecule has 0 radical (unpaired) electrons. The second-order valence-corrected chi connectivity index (χ2v) is 9.29. The van der Waals surface area contributed by atoms with Gasteiger partial charge in [-0.1, -0.05) is 71.8 Å². The summed E-state index contributed by atoms with van der Waals surface area (Å²) in [4.78, 5) is 15.2. The number of fused-ring (bicyclic) bond motifs is 1. The van der Waals surface area contributed by atoms with Gasteiger partial charge in [-0.3, -0.25) is 9.89 Å². The summed E-state index contributed by atoms with van der Waals surface area (Å²) in [5.74, 6) is 0.718. The molecule has 0 bridgehead atoms. The van der Waals surface area contributed by atoms with Gasteiger partial charge in [0.2, 0.25) is 0 Å². The number of carbonyl (C=O) groups excluding carboxylic acids is 1. The molecule has 1 unspecified atom stereocenters. The molecular weight excluding hydrogens is 446 g/mol. The number of ether oxygens (including phenoxy) is 1. The van der Waals surface area contributed by atoms with E-state index in [0.29, 0.717) is 17.3 Å². The van der Waals surface area contributed by atoms with E-state index in [0.717, 1.165) is 33.7 Å². The zero-order valence-corrected chi connectivity index (χ0v) is 20.1. The number of nitrogens with zero attached hydrogens (tertiary/aromatic N) is 2. The Morgan fingerprint density at radius 3 is 2.41 bits per heavy atom. The molecule has 34 heavy (non-hydrogen) atoms. The number of aryl methyl sites for hydroxylation is 1. The average Bonchev–Trinajstić information content (AvgIpc) is 3.38. The molecule has 0 fully saturated rings. The molecule has 1 atom stereocenters. The van der Waals surface area contributed by atoms with Crippen molar-refractivity contribution in [2.24, 2.45) is 0 Å². The number of carbonyl (C=O) groups is 1. The highest BCUT2D eigenvalue weighted by Crippen LogP contribution is 2.44. The van der Waals surface area contributed by atoms with Crippen LogP contribution in [0.1, 0.15) is 52.6 Å². The molecule has 172 valence electrons. The first-order chi connectivity index (χ1) is 16.4. The Labute approximate surface area is 204 Å². The predicted octanol–water partition coefficient (Wildman–Crippen LogP) is 6.57. The smallest absolute Gasteiger partial charge is 0.273 e. The minimum Gasteiger partial charge on any atom is -0.489 e. The lowest BCUT2D eigenvalue weighted by atomic mass is 9.95. The van der Waals surface area contributed by atoms with Crippen molar-refractivity contribution in [1.82, 2.24) is 15.1 Å². The van der Waals surface area contributed by atoms with Crippen LogP contribution in [0.25, 0.3) is 11.3 Å². The van der Waals surface area contributed by atoms with Crippen LogP contribution in [-0.2, 0) is 6.61 Å². The third kappa shape index (κ3) is 3.97. The number of nitrogens with one attached hydrogen (secondary N) is 1. The van der Waals surface area contributed by atoms with Gasteiger partial charge in [0.05, 0.1) is 11.7 Å². The molecule has 6 heteroatoms. The topological polar surface area (TPSA) is 58.2 Å². The molecule has 1 aliphatic heterocycles. The van der Waals surface area contributed by atoms with E-state index in [1.54, 1.807) is 0 Å². The summed E-state index contributed by atoms with van der Waals surface area (Å²) >= 11 is 6.25. The number of halogens is 1. The van der Waals surface area contributed by atoms with Gasteiger partial charge in [-0.25, -0.2) is 0 Å². The quantitative estimate of drug-likeness (QED) is 0.346. The van der Waals surface area contributed by atoms with Crippen molar-refractivity contribution < 1.29 is 9.53 Å². The van der Waals surface area contributed by atoms with Crippen molar-refractivity contribution in [2.75, 3.05) is 0 Å². The van der Waals surface area contributed by atoms with Crippen LogP contribution in [0.2, 0.25) is 5.02 Å². The maximum atomic E-state index is 13.3. The molecule has 0 spiro atoms. The van der Waals surface area contributed by atoms with Crippen LogP contribution < -0.4 is 4.74 Å². The number of rotatable bonds is 6. The van der Waals surface area contributed by atoms with Crippen LogP contribution in [0.3, 0.4) is 0 Å². The largest absolute Gasteiger partial charge is 0.489 e. The summed E-state index contributed by atoms with van der Waals surface area (Å²) in [5, 5.41) is 8.23. The molecule has 0 saturated carbocycles.